The van der Waals surface area contributed by atoms with Crippen LogP contribution in [0, 0.1) is 17.0 Å². The van der Waals surface area contributed by atoms with Crippen LogP contribution in [0.1, 0.15) is 11.5 Å². The van der Waals surface area contributed by atoms with E-state index in [0.717, 1.165) is 5.69 Å². The van der Waals surface area contributed by atoms with Crippen molar-refractivity contribution in [3.8, 4) is 0 Å². The Kier molecular flexibility index (Phi) is 2.71. The highest BCUT2D eigenvalue weighted by Crippen LogP contribution is 2.08. The van der Waals surface area contributed by atoms with Crippen molar-refractivity contribution in [3.05, 3.63) is 27.6 Å². The molecular formula is C8H11N5O3. The molecule has 1 aliphatic heterocycles. The first-order chi connectivity index (χ1) is 7.65. The van der Waals surface area contributed by atoms with Crippen LogP contribution in [-0.4, -0.2) is 34.1 Å². The summed E-state index contributed by atoms with van der Waals surface area (Å²) in [6, 6.07) is 1.79. The standard InChI is InChI=1S/C8H11N5O3/c1-6-4-7(16-11-6)5-12-3-2-9-8(12)10-13(14)15/h4H,2-3,5H2,1H3,(H,9,10). The number of hydrazone groups is 1. The van der Waals surface area contributed by atoms with Gasteiger partial charge in [-0.2, -0.15) is 0 Å². The summed E-state index contributed by atoms with van der Waals surface area (Å²) in [5.41, 5.74) is 0.787. The molecule has 2 rings (SSSR count). The molecule has 0 bridgehead atoms. The lowest BCUT2D eigenvalue weighted by molar-refractivity contribution is -0.485. The Morgan fingerprint density at radius 1 is 1.81 bits per heavy atom. The fourth-order valence-corrected chi connectivity index (χ4v) is 1.53. The predicted molar refractivity (Wildman–Crippen MR) is 54.1 cm³/mol. The van der Waals surface area contributed by atoms with Gasteiger partial charge in [0.05, 0.1) is 12.2 Å². The van der Waals surface area contributed by atoms with E-state index >= 15 is 0 Å². The van der Waals surface area contributed by atoms with Crippen LogP contribution in [-0.2, 0) is 6.54 Å². The summed E-state index contributed by atoms with van der Waals surface area (Å²) in [5, 5.41) is 19.4. The summed E-state index contributed by atoms with van der Waals surface area (Å²) in [6.45, 7) is 3.55. The number of nitrogens with one attached hydrogen (secondary N) is 1. The zero-order valence-electron chi connectivity index (χ0n) is 8.71. The summed E-state index contributed by atoms with van der Waals surface area (Å²) in [5.74, 6) is 0.927. The maximum absolute atomic E-state index is 10.3. The van der Waals surface area contributed by atoms with Gasteiger partial charge in [-0.05, 0) is 6.92 Å². The molecule has 0 atom stereocenters. The van der Waals surface area contributed by atoms with E-state index in [2.05, 4.69) is 15.6 Å². The quantitative estimate of drug-likeness (QED) is 0.571. The van der Waals surface area contributed by atoms with Crippen LogP contribution < -0.4 is 5.32 Å². The summed E-state index contributed by atoms with van der Waals surface area (Å²) in [6.07, 6.45) is 0. The normalized spacial score (nSPS) is 17.8. The lowest BCUT2D eigenvalue weighted by atomic mass is 10.3. The molecule has 0 aliphatic carbocycles. The molecule has 86 valence electrons. The van der Waals surface area contributed by atoms with E-state index in [1.54, 1.807) is 11.0 Å². The SMILES string of the molecule is Cc1cc(CN2CCN/C2=N\[N+](=O)[O-])on1. The van der Waals surface area contributed by atoms with E-state index < -0.39 is 5.03 Å². The van der Waals surface area contributed by atoms with Crippen molar-refractivity contribution >= 4 is 5.96 Å². The molecule has 1 aliphatic rings. The van der Waals surface area contributed by atoms with Gasteiger partial charge in [-0.25, -0.2) is 10.1 Å². The second-order valence-electron chi connectivity index (χ2n) is 3.44. The number of guanidine groups is 1. The Labute approximate surface area is 91.0 Å². The lowest BCUT2D eigenvalue weighted by Gasteiger charge is -2.12. The largest absolute Gasteiger partial charge is 0.359 e. The van der Waals surface area contributed by atoms with E-state index in [9.17, 15) is 10.1 Å². The average Bonchev–Trinajstić information content (AvgIpc) is 2.77. The summed E-state index contributed by atoms with van der Waals surface area (Å²) < 4.78 is 5.04. The van der Waals surface area contributed by atoms with Gasteiger partial charge in [-0.1, -0.05) is 5.16 Å². The van der Waals surface area contributed by atoms with E-state index in [-0.39, 0.29) is 5.96 Å². The maximum atomic E-state index is 10.3. The Morgan fingerprint density at radius 3 is 3.25 bits per heavy atom. The van der Waals surface area contributed by atoms with Crippen molar-refractivity contribution < 1.29 is 9.56 Å². The van der Waals surface area contributed by atoms with Crippen LogP contribution in [0.25, 0.3) is 0 Å². The van der Waals surface area contributed by atoms with Crippen LogP contribution in [0.5, 0.6) is 0 Å². The molecule has 1 saturated heterocycles. The van der Waals surface area contributed by atoms with Crippen LogP contribution in [0.4, 0.5) is 0 Å². The van der Waals surface area contributed by atoms with Crippen LogP contribution in [0.3, 0.4) is 0 Å². The molecule has 16 heavy (non-hydrogen) atoms. The minimum absolute atomic E-state index is 0.263. The molecule has 1 N–H and O–H groups in total. The maximum Gasteiger partial charge on any atom is 0.271 e. The first-order valence-electron chi connectivity index (χ1n) is 4.79. The molecule has 1 fully saturated rings. The zero-order valence-corrected chi connectivity index (χ0v) is 8.71. The number of nitrogens with zero attached hydrogens (tertiary/aromatic N) is 4. The Morgan fingerprint density at radius 2 is 2.62 bits per heavy atom. The molecular weight excluding hydrogens is 214 g/mol. The van der Waals surface area contributed by atoms with E-state index in [1.807, 2.05) is 6.92 Å². The molecule has 2 heterocycles. The van der Waals surface area contributed by atoms with Crippen molar-refractivity contribution in [1.82, 2.24) is 15.4 Å². The smallest absolute Gasteiger partial charge is 0.271 e. The molecule has 0 aromatic carbocycles. The summed E-state index contributed by atoms with van der Waals surface area (Å²) in [4.78, 5) is 12.0. The van der Waals surface area contributed by atoms with Gasteiger partial charge in [0.1, 0.15) is 5.10 Å². The van der Waals surface area contributed by atoms with Crippen molar-refractivity contribution in [2.75, 3.05) is 13.1 Å². The number of aryl methyl sites for hydroxylation is 1. The average molecular weight is 225 g/mol. The van der Waals surface area contributed by atoms with E-state index in [1.165, 1.54) is 0 Å². The van der Waals surface area contributed by atoms with Crippen molar-refractivity contribution in [3.63, 3.8) is 0 Å². The van der Waals surface area contributed by atoms with E-state index in [4.69, 9.17) is 4.52 Å². The molecule has 0 saturated carbocycles. The monoisotopic (exact) mass is 225 g/mol. The third-order valence-corrected chi connectivity index (χ3v) is 2.16. The van der Waals surface area contributed by atoms with Gasteiger partial charge in [0.25, 0.3) is 5.96 Å². The Bertz CT molecular complexity index is 427. The predicted octanol–water partition coefficient (Wildman–Crippen LogP) is -0.0641. The van der Waals surface area contributed by atoms with Crippen molar-refractivity contribution in [2.24, 2.45) is 5.10 Å². The minimum Gasteiger partial charge on any atom is -0.359 e. The highest BCUT2D eigenvalue weighted by Gasteiger charge is 2.22. The van der Waals surface area contributed by atoms with Gasteiger partial charge < -0.3 is 14.7 Å². The Balaban J connectivity index is 2.06. The van der Waals surface area contributed by atoms with Gasteiger partial charge in [0.15, 0.2) is 10.8 Å². The number of rotatable bonds is 3. The first kappa shape index (κ1) is 10.4. The highest BCUT2D eigenvalue weighted by atomic mass is 16.7. The number of hydrogen-bond donors (Lipinski definition) is 1. The molecule has 1 aromatic heterocycles. The third-order valence-electron chi connectivity index (χ3n) is 2.16. The zero-order chi connectivity index (χ0) is 11.5. The first-order valence-corrected chi connectivity index (χ1v) is 4.79. The van der Waals surface area contributed by atoms with Crippen LogP contribution in [0.15, 0.2) is 15.7 Å². The molecule has 0 radical (unpaired) electrons. The van der Waals surface area contributed by atoms with Crippen LogP contribution >= 0.6 is 0 Å². The third kappa shape index (κ3) is 2.27. The van der Waals surface area contributed by atoms with Crippen LogP contribution in [0.2, 0.25) is 0 Å². The molecule has 8 nitrogen and oxygen atoms in total. The molecule has 1 aromatic rings. The second kappa shape index (κ2) is 4.17. The van der Waals surface area contributed by atoms with Gasteiger partial charge in [0.2, 0.25) is 0 Å². The number of hydrogen-bond acceptors (Lipinski definition) is 4. The summed E-state index contributed by atoms with van der Waals surface area (Å²) in [7, 11) is 0. The van der Waals surface area contributed by atoms with Crippen molar-refractivity contribution in [2.45, 2.75) is 13.5 Å². The summed E-state index contributed by atoms with van der Waals surface area (Å²) >= 11 is 0. The highest BCUT2D eigenvalue weighted by molar-refractivity contribution is 5.81. The van der Waals surface area contributed by atoms with Gasteiger partial charge in [-0.15, -0.1) is 0 Å². The second-order valence-corrected chi connectivity index (χ2v) is 3.44. The molecule has 8 heteroatoms. The van der Waals surface area contributed by atoms with Gasteiger partial charge >= 0.3 is 0 Å². The number of nitro groups is 1. The van der Waals surface area contributed by atoms with Gasteiger partial charge in [0, 0.05) is 19.2 Å². The molecule has 0 unspecified atom stereocenters. The minimum atomic E-state index is -0.716. The number of aromatic nitrogens is 1. The topological polar surface area (TPSA) is 96.8 Å². The van der Waals surface area contributed by atoms with Gasteiger partial charge in [-0.3, -0.25) is 0 Å². The Hall–Kier alpha value is -2.12. The molecule has 0 spiro atoms. The lowest BCUT2D eigenvalue weighted by Crippen LogP contribution is -2.30. The van der Waals surface area contributed by atoms with Crippen molar-refractivity contribution in [1.29, 1.82) is 0 Å². The fourth-order valence-electron chi connectivity index (χ4n) is 1.53. The molecule has 0 amide bonds. The fraction of sp³-hybridized carbons (Fsp3) is 0.500. The van der Waals surface area contributed by atoms with E-state index in [0.29, 0.717) is 25.4 Å².